The van der Waals surface area contributed by atoms with E-state index in [9.17, 15) is 15.3 Å². The number of nitrogens with zero attached hydrogens (tertiary/aromatic N) is 3. The number of thioether (sulfide) groups is 1. The minimum absolute atomic E-state index is 0.381. The standard InChI is InChI=1S/C20H19Cl2N3O4S/c21-13-7-6-12(8-14(13)22)30-20-19(28)17(18(27)16(10-26)29-20)25-9-15(23-24-25)11-4-2-1-3-5-11/h1-9,16-20,26-28H,10H2/t16?,17?,18-,19-,20+/m0/s1. The summed E-state index contributed by atoms with van der Waals surface area (Å²) in [5.74, 6) is 0. The van der Waals surface area contributed by atoms with Crippen molar-refractivity contribution in [3.8, 4) is 11.3 Å². The van der Waals surface area contributed by atoms with Gasteiger partial charge in [0.25, 0.3) is 0 Å². The van der Waals surface area contributed by atoms with Gasteiger partial charge in [-0.25, -0.2) is 4.68 Å². The van der Waals surface area contributed by atoms with Gasteiger partial charge in [-0.2, -0.15) is 0 Å². The first-order valence-corrected chi connectivity index (χ1v) is 10.8. The van der Waals surface area contributed by atoms with Crippen molar-refractivity contribution in [1.29, 1.82) is 0 Å². The quantitative estimate of drug-likeness (QED) is 0.529. The highest BCUT2D eigenvalue weighted by molar-refractivity contribution is 7.99. The fraction of sp³-hybridized carbons (Fsp3) is 0.300. The Kier molecular flexibility index (Phi) is 6.64. The molecule has 0 aliphatic carbocycles. The first-order chi connectivity index (χ1) is 14.5. The van der Waals surface area contributed by atoms with Gasteiger partial charge >= 0.3 is 0 Å². The van der Waals surface area contributed by atoms with Gasteiger partial charge in [0.1, 0.15) is 35.5 Å². The molecule has 3 aromatic rings. The van der Waals surface area contributed by atoms with Gasteiger partial charge < -0.3 is 20.1 Å². The molecule has 2 aromatic carbocycles. The van der Waals surface area contributed by atoms with E-state index < -0.39 is 36.4 Å². The number of benzene rings is 2. The second kappa shape index (κ2) is 9.23. The number of hydrogen-bond acceptors (Lipinski definition) is 7. The monoisotopic (exact) mass is 467 g/mol. The second-order valence-electron chi connectivity index (χ2n) is 6.84. The van der Waals surface area contributed by atoms with Crippen LogP contribution in [-0.2, 0) is 4.74 Å². The summed E-state index contributed by atoms with van der Waals surface area (Å²) in [4.78, 5) is 0.726. The zero-order valence-corrected chi connectivity index (χ0v) is 17.9. The fourth-order valence-electron chi connectivity index (χ4n) is 3.33. The third-order valence-corrected chi connectivity index (χ3v) is 6.76. The van der Waals surface area contributed by atoms with Crippen molar-refractivity contribution in [2.75, 3.05) is 6.61 Å². The Hall–Kier alpha value is -1.65. The van der Waals surface area contributed by atoms with Gasteiger partial charge in [-0.05, 0) is 18.2 Å². The maximum atomic E-state index is 11.0. The minimum atomic E-state index is -1.18. The SMILES string of the molecule is OCC1O[C@H](Sc2ccc(Cl)c(Cl)c2)[C@@H](O)C(n2cc(-c3ccccc3)nn2)[C@H]1O. The van der Waals surface area contributed by atoms with Crippen molar-refractivity contribution in [2.45, 2.75) is 34.7 Å². The molecule has 5 atom stereocenters. The van der Waals surface area contributed by atoms with Crippen LogP contribution >= 0.6 is 35.0 Å². The van der Waals surface area contributed by atoms with E-state index in [0.29, 0.717) is 15.7 Å². The lowest BCUT2D eigenvalue weighted by atomic mass is 9.97. The zero-order chi connectivity index (χ0) is 21.3. The van der Waals surface area contributed by atoms with Gasteiger partial charge in [-0.15, -0.1) is 5.10 Å². The van der Waals surface area contributed by atoms with Crippen LogP contribution in [0.25, 0.3) is 11.3 Å². The molecule has 7 nitrogen and oxygen atoms in total. The van der Waals surface area contributed by atoms with Crippen molar-refractivity contribution >= 4 is 35.0 Å². The van der Waals surface area contributed by atoms with E-state index in [1.807, 2.05) is 30.3 Å². The van der Waals surface area contributed by atoms with Crippen LogP contribution in [0.15, 0.2) is 59.6 Å². The van der Waals surface area contributed by atoms with Gasteiger partial charge in [-0.3, -0.25) is 0 Å². The molecule has 0 bridgehead atoms. The molecular formula is C20H19Cl2N3O4S. The predicted molar refractivity (Wildman–Crippen MR) is 115 cm³/mol. The average Bonchev–Trinajstić information content (AvgIpc) is 3.23. The summed E-state index contributed by atoms with van der Waals surface area (Å²) in [5, 5.41) is 40.5. The van der Waals surface area contributed by atoms with E-state index in [1.165, 1.54) is 16.4 Å². The van der Waals surface area contributed by atoms with E-state index in [1.54, 1.807) is 24.4 Å². The normalized spacial score (nSPS) is 26.6. The number of ether oxygens (including phenoxy) is 1. The smallest absolute Gasteiger partial charge is 0.136 e. The third kappa shape index (κ3) is 4.36. The highest BCUT2D eigenvalue weighted by atomic mass is 35.5. The molecule has 158 valence electrons. The summed E-state index contributed by atoms with van der Waals surface area (Å²) in [5.41, 5.74) is 0.688. The van der Waals surface area contributed by atoms with Crippen molar-refractivity contribution in [2.24, 2.45) is 0 Å². The first kappa shape index (κ1) is 21.6. The number of aliphatic hydroxyl groups excluding tert-OH is 3. The fourth-order valence-corrected chi connectivity index (χ4v) is 4.79. The molecule has 2 heterocycles. The van der Waals surface area contributed by atoms with E-state index in [2.05, 4.69) is 10.3 Å². The molecule has 0 amide bonds. The Balaban J connectivity index is 1.61. The average molecular weight is 468 g/mol. The number of hydrogen-bond donors (Lipinski definition) is 3. The van der Waals surface area contributed by atoms with Gasteiger partial charge in [0, 0.05) is 10.5 Å². The van der Waals surface area contributed by atoms with E-state index in [-0.39, 0.29) is 0 Å². The summed E-state index contributed by atoms with van der Waals surface area (Å²) in [6.07, 6.45) is -1.55. The molecule has 1 saturated heterocycles. The predicted octanol–water partition coefficient (Wildman–Crippen LogP) is 3.02. The van der Waals surface area contributed by atoms with Crippen LogP contribution in [-0.4, -0.2) is 60.7 Å². The lowest BCUT2D eigenvalue weighted by Gasteiger charge is -2.41. The molecule has 2 unspecified atom stereocenters. The summed E-state index contributed by atoms with van der Waals surface area (Å²) in [6, 6.07) is 13.7. The van der Waals surface area contributed by atoms with Gasteiger partial charge in [0.15, 0.2) is 0 Å². The van der Waals surface area contributed by atoms with Crippen molar-refractivity contribution < 1.29 is 20.1 Å². The Morgan fingerprint density at radius 2 is 1.80 bits per heavy atom. The van der Waals surface area contributed by atoms with Gasteiger partial charge in [-0.1, -0.05) is 70.5 Å². The molecule has 0 spiro atoms. The maximum absolute atomic E-state index is 11.0. The number of aliphatic hydroxyl groups is 3. The lowest BCUT2D eigenvalue weighted by Crippen LogP contribution is -2.55. The lowest BCUT2D eigenvalue weighted by molar-refractivity contribution is -0.178. The Morgan fingerprint density at radius 1 is 1.03 bits per heavy atom. The molecule has 1 aliphatic rings. The van der Waals surface area contributed by atoms with Crippen molar-refractivity contribution in [3.05, 3.63) is 64.8 Å². The zero-order valence-electron chi connectivity index (χ0n) is 15.5. The number of aromatic nitrogens is 3. The van der Waals surface area contributed by atoms with Gasteiger partial charge in [0.2, 0.25) is 0 Å². The summed E-state index contributed by atoms with van der Waals surface area (Å²) in [6.45, 7) is -0.414. The van der Waals surface area contributed by atoms with E-state index in [4.69, 9.17) is 27.9 Å². The number of halogens is 2. The Bertz CT molecular complexity index is 1010. The van der Waals surface area contributed by atoms with Crippen LogP contribution in [0.5, 0.6) is 0 Å². The molecule has 1 aromatic heterocycles. The first-order valence-electron chi connectivity index (χ1n) is 9.19. The molecule has 1 aliphatic heterocycles. The maximum Gasteiger partial charge on any atom is 0.136 e. The van der Waals surface area contributed by atoms with Crippen molar-refractivity contribution in [3.63, 3.8) is 0 Å². The molecule has 1 fully saturated rings. The van der Waals surface area contributed by atoms with Crippen LogP contribution in [0.3, 0.4) is 0 Å². The van der Waals surface area contributed by atoms with Crippen LogP contribution in [0.2, 0.25) is 10.0 Å². The van der Waals surface area contributed by atoms with Crippen LogP contribution in [0.4, 0.5) is 0 Å². The molecule has 0 radical (unpaired) electrons. The summed E-state index contributed by atoms with van der Waals surface area (Å²) < 4.78 is 7.17. The summed E-state index contributed by atoms with van der Waals surface area (Å²) in [7, 11) is 0. The van der Waals surface area contributed by atoms with E-state index in [0.717, 1.165) is 10.5 Å². The topological polar surface area (TPSA) is 101 Å². The Morgan fingerprint density at radius 3 is 2.50 bits per heavy atom. The third-order valence-electron chi connectivity index (χ3n) is 4.88. The molecule has 30 heavy (non-hydrogen) atoms. The van der Waals surface area contributed by atoms with E-state index >= 15 is 0 Å². The summed E-state index contributed by atoms with van der Waals surface area (Å²) >= 11 is 13.3. The van der Waals surface area contributed by atoms with Crippen LogP contribution < -0.4 is 0 Å². The molecule has 4 rings (SSSR count). The number of rotatable bonds is 5. The highest BCUT2D eigenvalue weighted by Gasteiger charge is 2.46. The second-order valence-corrected chi connectivity index (χ2v) is 8.83. The molecule has 0 saturated carbocycles. The highest BCUT2D eigenvalue weighted by Crippen LogP contribution is 2.39. The van der Waals surface area contributed by atoms with Gasteiger partial charge in [0.05, 0.1) is 22.8 Å². The molecular weight excluding hydrogens is 449 g/mol. The minimum Gasteiger partial charge on any atom is -0.394 e. The molecule has 10 heteroatoms. The van der Waals surface area contributed by atoms with Crippen molar-refractivity contribution in [1.82, 2.24) is 15.0 Å². The molecule has 3 N–H and O–H groups in total. The van der Waals surface area contributed by atoms with Crippen LogP contribution in [0, 0.1) is 0 Å². The van der Waals surface area contributed by atoms with Crippen LogP contribution in [0.1, 0.15) is 6.04 Å². The Labute approximate surface area is 187 Å². The largest absolute Gasteiger partial charge is 0.394 e.